The molecule has 0 aliphatic carbocycles. The molecule has 1 aromatic rings. The van der Waals surface area contributed by atoms with Gasteiger partial charge in [-0.25, -0.2) is 14.4 Å². The topological polar surface area (TPSA) is 47.0 Å². The third-order valence-electron chi connectivity index (χ3n) is 2.79. The van der Waals surface area contributed by atoms with Gasteiger partial charge in [0, 0.05) is 7.05 Å². The SMILES string of the molecule is CNc1nc(C2CCC(C)O2)nc(C)c1F. The van der Waals surface area contributed by atoms with Crippen LogP contribution in [-0.2, 0) is 4.74 Å². The lowest BCUT2D eigenvalue weighted by atomic mass is 10.2. The molecule has 4 nitrogen and oxygen atoms in total. The maximum atomic E-state index is 13.5. The van der Waals surface area contributed by atoms with Crippen LogP contribution in [0.3, 0.4) is 0 Å². The van der Waals surface area contributed by atoms with Crippen molar-refractivity contribution in [3.8, 4) is 0 Å². The molecular formula is C11H16FN3O. The molecule has 2 heterocycles. The average Bonchev–Trinajstić information content (AvgIpc) is 2.69. The van der Waals surface area contributed by atoms with Crippen LogP contribution in [0.15, 0.2) is 0 Å². The van der Waals surface area contributed by atoms with E-state index in [0.717, 1.165) is 12.8 Å². The van der Waals surface area contributed by atoms with Crippen LogP contribution in [0.5, 0.6) is 0 Å². The Labute approximate surface area is 94.2 Å². The Hall–Kier alpha value is -1.23. The van der Waals surface area contributed by atoms with E-state index in [4.69, 9.17) is 4.74 Å². The molecule has 2 rings (SSSR count). The number of nitrogens with one attached hydrogen (secondary N) is 1. The summed E-state index contributed by atoms with van der Waals surface area (Å²) in [5, 5.41) is 2.73. The number of rotatable bonds is 2. The summed E-state index contributed by atoms with van der Waals surface area (Å²) in [6.45, 7) is 3.66. The van der Waals surface area contributed by atoms with Crippen LogP contribution in [-0.4, -0.2) is 23.1 Å². The molecule has 1 fully saturated rings. The van der Waals surface area contributed by atoms with Crippen LogP contribution >= 0.6 is 0 Å². The first kappa shape index (κ1) is 11.3. The molecule has 88 valence electrons. The van der Waals surface area contributed by atoms with Crippen molar-refractivity contribution >= 4 is 5.82 Å². The van der Waals surface area contributed by atoms with Crippen LogP contribution < -0.4 is 5.32 Å². The third kappa shape index (κ3) is 2.00. The first-order chi connectivity index (χ1) is 7.61. The molecule has 0 bridgehead atoms. The van der Waals surface area contributed by atoms with Crippen molar-refractivity contribution in [2.75, 3.05) is 12.4 Å². The fourth-order valence-electron chi connectivity index (χ4n) is 1.88. The largest absolute Gasteiger partial charge is 0.371 e. The maximum absolute atomic E-state index is 13.5. The second-order valence-corrected chi connectivity index (χ2v) is 4.09. The number of hydrogen-bond donors (Lipinski definition) is 1. The van der Waals surface area contributed by atoms with E-state index in [1.807, 2.05) is 6.92 Å². The quantitative estimate of drug-likeness (QED) is 0.838. The van der Waals surface area contributed by atoms with Crippen LogP contribution in [0.4, 0.5) is 10.2 Å². The highest BCUT2D eigenvalue weighted by Crippen LogP contribution is 2.31. The summed E-state index contributed by atoms with van der Waals surface area (Å²) < 4.78 is 19.2. The van der Waals surface area contributed by atoms with Crippen molar-refractivity contribution in [1.82, 2.24) is 9.97 Å². The van der Waals surface area contributed by atoms with Gasteiger partial charge in [0.25, 0.3) is 0 Å². The number of halogens is 1. The summed E-state index contributed by atoms with van der Waals surface area (Å²) in [5.74, 6) is 0.426. The van der Waals surface area contributed by atoms with Gasteiger partial charge in [-0.1, -0.05) is 0 Å². The molecule has 1 aliphatic heterocycles. The van der Waals surface area contributed by atoms with Gasteiger partial charge in [0.15, 0.2) is 17.5 Å². The lowest BCUT2D eigenvalue weighted by molar-refractivity contribution is 0.0501. The lowest BCUT2D eigenvalue weighted by Gasteiger charge is -2.12. The van der Waals surface area contributed by atoms with Gasteiger partial charge in [-0.3, -0.25) is 0 Å². The standard InChI is InChI=1S/C11H16FN3O/c1-6-4-5-8(16-6)10-14-7(2)9(12)11(13-3)15-10/h6,8H,4-5H2,1-3H3,(H,13,14,15). The van der Waals surface area contributed by atoms with Crippen LogP contribution in [0.25, 0.3) is 0 Å². The van der Waals surface area contributed by atoms with Crippen LogP contribution in [0.2, 0.25) is 0 Å². The minimum absolute atomic E-state index is 0.0959. The van der Waals surface area contributed by atoms with E-state index in [2.05, 4.69) is 15.3 Å². The van der Waals surface area contributed by atoms with Gasteiger partial charge in [0.2, 0.25) is 0 Å². The zero-order valence-electron chi connectivity index (χ0n) is 9.75. The number of aromatic nitrogens is 2. The van der Waals surface area contributed by atoms with E-state index in [0.29, 0.717) is 11.5 Å². The van der Waals surface area contributed by atoms with Gasteiger partial charge in [-0.05, 0) is 26.7 Å². The Morgan fingerprint density at radius 1 is 1.38 bits per heavy atom. The van der Waals surface area contributed by atoms with Gasteiger partial charge >= 0.3 is 0 Å². The lowest BCUT2D eigenvalue weighted by Crippen LogP contribution is -2.10. The zero-order valence-corrected chi connectivity index (χ0v) is 9.75. The Morgan fingerprint density at radius 2 is 2.12 bits per heavy atom. The molecule has 1 aromatic heterocycles. The number of hydrogen-bond acceptors (Lipinski definition) is 4. The predicted octanol–water partition coefficient (Wildman–Crippen LogP) is 2.21. The minimum Gasteiger partial charge on any atom is -0.371 e. The Balaban J connectivity index is 2.31. The molecule has 2 unspecified atom stereocenters. The fraction of sp³-hybridized carbons (Fsp3) is 0.636. The highest BCUT2D eigenvalue weighted by atomic mass is 19.1. The zero-order chi connectivity index (χ0) is 11.7. The molecule has 2 atom stereocenters. The van der Waals surface area contributed by atoms with Crippen molar-refractivity contribution in [2.24, 2.45) is 0 Å². The van der Waals surface area contributed by atoms with Crippen molar-refractivity contribution in [2.45, 2.75) is 38.9 Å². The van der Waals surface area contributed by atoms with E-state index in [9.17, 15) is 4.39 Å². The van der Waals surface area contributed by atoms with Gasteiger partial charge in [-0.2, -0.15) is 0 Å². The van der Waals surface area contributed by atoms with E-state index >= 15 is 0 Å². The van der Waals surface area contributed by atoms with Gasteiger partial charge in [0.1, 0.15) is 6.10 Å². The molecule has 0 saturated carbocycles. The van der Waals surface area contributed by atoms with Crippen LogP contribution in [0.1, 0.15) is 37.4 Å². The van der Waals surface area contributed by atoms with Crippen molar-refractivity contribution in [3.63, 3.8) is 0 Å². The summed E-state index contributed by atoms with van der Waals surface area (Å²) >= 11 is 0. The van der Waals surface area contributed by atoms with Crippen molar-refractivity contribution in [3.05, 3.63) is 17.3 Å². The van der Waals surface area contributed by atoms with Gasteiger partial charge < -0.3 is 10.1 Å². The summed E-state index contributed by atoms with van der Waals surface area (Å²) in [7, 11) is 1.65. The highest BCUT2D eigenvalue weighted by Gasteiger charge is 2.27. The van der Waals surface area contributed by atoms with Gasteiger partial charge in [0.05, 0.1) is 11.8 Å². The van der Waals surface area contributed by atoms with E-state index < -0.39 is 5.82 Å². The predicted molar refractivity (Wildman–Crippen MR) is 58.8 cm³/mol. The summed E-state index contributed by atoms with van der Waals surface area (Å²) in [6, 6.07) is 0. The Morgan fingerprint density at radius 3 is 2.69 bits per heavy atom. The number of anilines is 1. The molecule has 0 spiro atoms. The number of ether oxygens (including phenoxy) is 1. The normalized spacial score (nSPS) is 24.8. The first-order valence-electron chi connectivity index (χ1n) is 5.49. The van der Waals surface area contributed by atoms with E-state index in [1.165, 1.54) is 0 Å². The molecule has 16 heavy (non-hydrogen) atoms. The highest BCUT2D eigenvalue weighted by molar-refractivity contribution is 5.37. The van der Waals surface area contributed by atoms with Crippen molar-refractivity contribution < 1.29 is 9.13 Å². The number of nitrogens with zero attached hydrogens (tertiary/aromatic N) is 2. The summed E-state index contributed by atoms with van der Waals surface area (Å²) in [6.07, 6.45) is 2.03. The molecule has 1 N–H and O–H groups in total. The molecule has 0 radical (unpaired) electrons. The van der Waals surface area contributed by atoms with E-state index in [-0.39, 0.29) is 18.0 Å². The molecule has 0 aromatic carbocycles. The molecule has 1 saturated heterocycles. The second-order valence-electron chi connectivity index (χ2n) is 4.09. The average molecular weight is 225 g/mol. The minimum atomic E-state index is -0.391. The van der Waals surface area contributed by atoms with Crippen LogP contribution in [0, 0.1) is 12.7 Å². The summed E-state index contributed by atoms with van der Waals surface area (Å²) in [5.41, 5.74) is 0.359. The fourth-order valence-corrected chi connectivity index (χ4v) is 1.88. The molecular weight excluding hydrogens is 209 g/mol. The van der Waals surface area contributed by atoms with Gasteiger partial charge in [-0.15, -0.1) is 0 Å². The molecule has 5 heteroatoms. The number of aryl methyl sites for hydroxylation is 1. The molecule has 0 amide bonds. The molecule has 1 aliphatic rings. The maximum Gasteiger partial charge on any atom is 0.186 e. The second kappa shape index (κ2) is 4.33. The smallest absolute Gasteiger partial charge is 0.186 e. The Bertz CT molecular complexity index is 397. The van der Waals surface area contributed by atoms with E-state index in [1.54, 1.807) is 14.0 Å². The Kier molecular flexibility index (Phi) is 3.05. The first-order valence-corrected chi connectivity index (χ1v) is 5.49. The monoisotopic (exact) mass is 225 g/mol. The van der Waals surface area contributed by atoms with Crippen molar-refractivity contribution in [1.29, 1.82) is 0 Å². The summed E-state index contributed by atoms with van der Waals surface area (Å²) in [4.78, 5) is 8.29. The third-order valence-corrected chi connectivity index (χ3v) is 2.79.